The van der Waals surface area contributed by atoms with E-state index in [1.54, 1.807) is 12.1 Å². The number of hydrogen-bond acceptors (Lipinski definition) is 3. The van der Waals surface area contributed by atoms with E-state index in [9.17, 15) is 14.0 Å². The highest BCUT2D eigenvalue weighted by Crippen LogP contribution is 2.13. The summed E-state index contributed by atoms with van der Waals surface area (Å²) in [4.78, 5) is 32.0. The number of amides is 2. The van der Waals surface area contributed by atoms with Crippen LogP contribution in [0.1, 0.15) is 69.4 Å². The third-order valence-corrected chi connectivity index (χ3v) is 7.24. The average molecular weight is 510 g/mol. The number of rotatable bonds is 15. The molecule has 5 nitrogen and oxygen atoms in total. The van der Waals surface area contributed by atoms with Crippen LogP contribution in [0.15, 0.2) is 54.6 Å². The van der Waals surface area contributed by atoms with Crippen LogP contribution >= 0.6 is 0 Å². The summed E-state index contributed by atoms with van der Waals surface area (Å²) >= 11 is 0. The molecular formula is C31H44FN3O2. The van der Waals surface area contributed by atoms with E-state index < -0.39 is 0 Å². The molecule has 3 rings (SSSR count). The first-order valence-corrected chi connectivity index (χ1v) is 14.1. The van der Waals surface area contributed by atoms with Crippen LogP contribution in [-0.2, 0) is 22.6 Å². The van der Waals surface area contributed by atoms with E-state index in [1.165, 1.54) is 44.2 Å². The van der Waals surface area contributed by atoms with E-state index in [-0.39, 0.29) is 17.6 Å². The van der Waals surface area contributed by atoms with E-state index in [4.69, 9.17) is 0 Å². The van der Waals surface area contributed by atoms with Gasteiger partial charge in [-0.25, -0.2) is 4.39 Å². The van der Waals surface area contributed by atoms with E-state index in [0.717, 1.165) is 56.7 Å². The smallest absolute Gasteiger partial charge is 0.227 e. The molecule has 202 valence electrons. The maximum absolute atomic E-state index is 13.4. The highest BCUT2D eigenvalue weighted by Gasteiger charge is 2.22. The van der Waals surface area contributed by atoms with E-state index in [2.05, 4.69) is 11.8 Å². The molecule has 1 heterocycles. The second-order valence-electron chi connectivity index (χ2n) is 10.2. The molecule has 0 saturated carbocycles. The lowest BCUT2D eigenvalue weighted by molar-refractivity contribution is -0.133. The van der Waals surface area contributed by atoms with Crippen molar-refractivity contribution >= 4 is 11.8 Å². The van der Waals surface area contributed by atoms with Crippen molar-refractivity contribution in [2.75, 3.05) is 39.3 Å². The third-order valence-electron chi connectivity index (χ3n) is 7.24. The van der Waals surface area contributed by atoms with Crippen molar-refractivity contribution in [3.8, 4) is 0 Å². The van der Waals surface area contributed by atoms with Crippen molar-refractivity contribution < 1.29 is 14.0 Å². The third kappa shape index (κ3) is 10.6. The molecule has 1 aliphatic heterocycles. The number of hydrogen-bond donors (Lipinski definition) is 0. The van der Waals surface area contributed by atoms with Gasteiger partial charge in [0.25, 0.3) is 0 Å². The summed E-state index contributed by atoms with van der Waals surface area (Å²) < 4.78 is 13.4. The Bertz CT molecular complexity index is 927. The highest BCUT2D eigenvalue weighted by molar-refractivity contribution is 5.78. The van der Waals surface area contributed by atoms with Crippen LogP contribution in [0.2, 0.25) is 0 Å². The second kappa shape index (κ2) is 16.2. The first-order valence-electron chi connectivity index (χ1n) is 14.1. The maximum Gasteiger partial charge on any atom is 0.227 e. The molecule has 0 N–H and O–H groups in total. The Labute approximate surface area is 222 Å². The molecule has 1 fully saturated rings. The van der Waals surface area contributed by atoms with Crippen molar-refractivity contribution in [1.29, 1.82) is 0 Å². The van der Waals surface area contributed by atoms with Gasteiger partial charge in [-0.05, 0) is 29.7 Å². The van der Waals surface area contributed by atoms with Crippen LogP contribution in [0.25, 0.3) is 0 Å². The molecule has 0 aliphatic carbocycles. The summed E-state index contributed by atoms with van der Waals surface area (Å²) in [6.07, 6.45) is 9.56. The number of carbonyl (C=O) groups excluding carboxylic acids is 2. The number of nitrogens with zero attached hydrogens (tertiary/aromatic N) is 3. The van der Waals surface area contributed by atoms with Gasteiger partial charge in [-0.15, -0.1) is 0 Å². The topological polar surface area (TPSA) is 43.9 Å². The van der Waals surface area contributed by atoms with Crippen molar-refractivity contribution in [3.63, 3.8) is 0 Å². The molecule has 2 amide bonds. The fraction of sp³-hybridized carbons (Fsp3) is 0.548. The predicted molar refractivity (Wildman–Crippen MR) is 148 cm³/mol. The number of carbonyl (C=O) groups is 2. The van der Waals surface area contributed by atoms with Crippen molar-refractivity contribution in [3.05, 3.63) is 71.5 Å². The van der Waals surface area contributed by atoms with Gasteiger partial charge >= 0.3 is 0 Å². The van der Waals surface area contributed by atoms with Crippen molar-refractivity contribution in [1.82, 2.24) is 14.7 Å². The summed E-state index contributed by atoms with van der Waals surface area (Å²) in [6, 6.07) is 16.1. The monoisotopic (exact) mass is 509 g/mol. The maximum atomic E-state index is 13.4. The SMILES string of the molecule is CCCCCCCCCC(=O)N1CCN(CCN(Cc2ccc(F)cc2)C(=O)Cc2ccccc2)CC1. The zero-order chi connectivity index (χ0) is 26.3. The van der Waals surface area contributed by atoms with Crippen LogP contribution in [0.4, 0.5) is 4.39 Å². The van der Waals surface area contributed by atoms with Crippen LogP contribution in [0.5, 0.6) is 0 Å². The molecule has 0 atom stereocenters. The quantitative estimate of drug-likeness (QED) is 0.290. The summed E-state index contributed by atoms with van der Waals surface area (Å²) in [5, 5.41) is 0. The lowest BCUT2D eigenvalue weighted by Crippen LogP contribution is -2.50. The molecule has 0 unspecified atom stereocenters. The molecule has 2 aromatic carbocycles. The van der Waals surface area contributed by atoms with Gasteiger partial charge in [0.1, 0.15) is 5.82 Å². The van der Waals surface area contributed by atoms with Crippen LogP contribution < -0.4 is 0 Å². The molecule has 0 radical (unpaired) electrons. The molecule has 0 bridgehead atoms. The Balaban J connectivity index is 1.43. The summed E-state index contributed by atoms with van der Waals surface area (Å²) in [7, 11) is 0. The Hall–Kier alpha value is -2.73. The lowest BCUT2D eigenvalue weighted by Gasteiger charge is -2.36. The first kappa shape index (κ1) is 28.8. The van der Waals surface area contributed by atoms with Gasteiger partial charge in [-0.1, -0.05) is 87.9 Å². The van der Waals surface area contributed by atoms with Gasteiger partial charge in [0.05, 0.1) is 6.42 Å². The van der Waals surface area contributed by atoms with Gasteiger partial charge < -0.3 is 9.80 Å². The molecule has 0 spiro atoms. The average Bonchev–Trinajstić information content (AvgIpc) is 2.92. The molecule has 1 saturated heterocycles. The molecule has 2 aromatic rings. The summed E-state index contributed by atoms with van der Waals surface area (Å²) in [5.41, 5.74) is 1.91. The fourth-order valence-corrected chi connectivity index (χ4v) is 4.86. The summed E-state index contributed by atoms with van der Waals surface area (Å²) in [5.74, 6) is 0.0773. The van der Waals surface area contributed by atoms with Gasteiger partial charge in [-0.2, -0.15) is 0 Å². The highest BCUT2D eigenvalue weighted by atomic mass is 19.1. The van der Waals surface area contributed by atoms with Crippen molar-refractivity contribution in [2.24, 2.45) is 0 Å². The minimum absolute atomic E-state index is 0.0685. The standard InChI is InChI=1S/C31H44FN3O2/c1-2-3-4-5-6-7-11-14-30(36)34-22-19-33(20-23-34)21-24-35(26-28-15-17-29(32)18-16-28)31(37)25-27-12-9-8-10-13-27/h8-10,12-13,15-18H,2-7,11,14,19-26H2,1H3. The summed E-state index contributed by atoms with van der Waals surface area (Å²) in [6.45, 7) is 7.24. The van der Waals surface area contributed by atoms with Crippen LogP contribution in [0, 0.1) is 5.82 Å². The minimum Gasteiger partial charge on any atom is -0.340 e. The van der Waals surface area contributed by atoms with Gasteiger partial charge in [0, 0.05) is 52.2 Å². The van der Waals surface area contributed by atoms with E-state index in [1.807, 2.05) is 40.1 Å². The Morgan fingerprint density at radius 1 is 0.811 bits per heavy atom. The van der Waals surface area contributed by atoms with Crippen molar-refractivity contribution in [2.45, 2.75) is 71.3 Å². The molecule has 0 aromatic heterocycles. The Morgan fingerprint density at radius 3 is 2.14 bits per heavy atom. The van der Waals surface area contributed by atoms with Gasteiger partial charge in [0.2, 0.25) is 11.8 Å². The normalized spacial score (nSPS) is 14.1. The van der Waals surface area contributed by atoms with Gasteiger partial charge in [0.15, 0.2) is 0 Å². The van der Waals surface area contributed by atoms with Crippen LogP contribution in [-0.4, -0.2) is 65.8 Å². The zero-order valence-corrected chi connectivity index (χ0v) is 22.5. The van der Waals surface area contributed by atoms with E-state index >= 15 is 0 Å². The fourth-order valence-electron chi connectivity index (χ4n) is 4.86. The minimum atomic E-state index is -0.273. The largest absolute Gasteiger partial charge is 0.340 e. The second-order valence-corrected chi connectivity index (χ2v) is 10.2. The molecule has 37 heavy (non-hydrogen) atoms. The van der Waals surface area contributed by atoms with Gasteiger partial charge in [-0.3, -0.25) is 14.5 Å². The molecule has 1 aliphatic rings. The zero-order valence-electron chi connectivity index (χ0n) is 22.5. The predicted octanol–water partition coefficient (Wildman–Crippen LogP) is 5.68. The van der Waals surface area contributed by atoms with Crippen LogP contribution in [0.3, 0.4) is 0 Å². The Morgan fingerprint density at radius 2 is 1.46 bits per heavy atom. The number of unbranched alkanes of at least 4 members (excludes halogenated alkanes) is 6. The number of piperazine rings is 1. The van der Waals surface area contributed by atoms with E-state index in [0.29, 0.717) is 25.9 Å². The molecular weight excluding hydrogens is 465 g/mol. The number of benzene rings is 2. The Kier molecular flexibility index (Phi) is 12.6. The molecule has 6 heteroatoms. The first-order chi connectivity index (χ1) is 18.0. The number of halogens is 1. The lowest BCUT2D eigenvalue weighted by atomic mass is 10.1.